The number of ether oxygens (including phenoxy) is 3. The average Bonchev–Trinajstić information content (AvgIpc) is 3.47. The summed E-state index contributed by atoms with van der Waals surface area (Å²) in [5, 5.41) is 0. The van der Waals surface area contributed by atoms with Gasteiger partial charge in [0.2, 0.25) is 0 Å². The molecule has 0 aliphatic heterocycles. The molecule has 0 aromatic carbocycles. The molecule has 0 N–H and O–H groups in total. The van der Waals surface area contributed by atoms with Crippen LogP contribution in [-0.4, -0.2) is 37.2 Å². The quantitative estimate of drug-likeness (QED) is 0.0261. The monoisotopic (exact) mass is 1140 g/mol. The van der Waals surface area contributed by atoms with Crippen LogP contribution in [0.4, 0.5) is 0 Å². The van der Waals surface area contributed by atoms with E-state index in [1.807, 2.05) is 0 Å². The van der Waals surface area contributed by atoms with E-state index in [0.717, 1.165) is 64.2 Å². The number of carbonyl (C=O) groups excluding carboxylic acids is 3. The number of unbranched alkanes of at least 4 members (excludes halogenated alkanes) is 51. The third-order valence-corrected chi connectivity index (χ3v) is 16.6. The predicted molar refractivity (Wildman–Crippen MR) is 353 cm³/mol. The van der Waals surface area contributed by atoms with Crippen LogP contribution in [0.15, 0.2) is 36.5 Å². The van der Waals surface area contributed by atoms with Gasteiger partial charge in [-0.15, -0.1) is 0 Å². The summed E-state index contributed by atoms with van der Waals surface area (Å²) in [6, 6.07) is 0. The minimum absolute atomic E-state index is 0.0674. The minimum Gasteiger partial charge on any atom is -0.462 e. The molecule has 0 spiro atoms. The van der Waals surface area contributed by atoms with Crippen LogP contribution in [0.1, 0.15) is 406 Å². The Labute approximate surface area is 506 Å². The van der Waals surface area contributed by atoms with E-state index >= 15 is 0 Å². The number of hydrogen-bond acceptors (Lipinski definition) is 6. The highest BCUT2D eigenvalue weighted by Crippen LogP contribution is 2.18. The van der Waals surface area contributed by atoms with Gasteiger partial charge in [-0.25, -0.2) is 0 Å². The van der Waals surface area contributed by atoms with Crippen LogP contribution >= 0.6 is 0 Å². The van der Waals surface area contributed by atoms with E-state index in [4.69, 9.17) is 14.2 Å². The molecule has 0 saturated carbocycles. The number of carbonyl (C=O) groups is 3. The first-order valence-corrected chi connectivity index (χ1v) is 36.5. The highest BCUT2D eigenvalue weighted by Gasteiger charge is 2.19. The molecule has 0 amide bonds. The molecule has 0 heterocycles. The second kappa shape index (κ2) is 70.1. The highest BCUT2D eigenvalue weighted by atomic mass is 16.6. The standard InChI is InChI=1S/C75H140O6/c1-4-7-10-13-16-19-22-25-28-31-33-35-37-39-41-44-47-50-53-56-59-62-65-68-74(77)80-71-72(70-79-73(76)67-64-61-58-55-52-49-46-43-30-27-24-21-18-15-12-9-6-3)81-75(78)69-66-63-60-57-54-51-48-45-42-40-38-36-34-32-29-26-23-20-17-14-11-8-5-2/h22,25,31-34,72H,4-21,23-24,26-30,35-71H2,1-3H3/b25-22-,33-31-,34-32-. The Kier molecular flexibility index (Phi) is 68.1. The van der Waals surface area contributed by atoms with Crippen molar-refractivity contribution >= 4 is 17.9 Å². The smallest absolute Gasteiger partial charge is 0.306 e. The second-order valence-electron chi connectivity index (χ2n) is 24.9. The van der Waals surface area contributed by atoms with Crippen LogP contribution in [0.25, 0.3) is 0 Å². The third kappa shape index (κ3) is 68.3. The molecule has 0 aliphatic carbocycles. The maximum Gasteiger partial charge on any atom is 0.306 e. The van der Waals surface area contributed by atoms with Gasteiger partial charge in [0.25, 0.3) is 0 Å². The van der Waals surface area contributed by atoms with Crippen molar-refractivity contribution in [3.05, 3.63) is 36.5 Å². The van der Waals surface area contributed by atoms with Gasteiger partial charge in [0.05, 0.1) is 0 Å². The molecule has 0 aromatic heterocycles. The van der Waals surface area contributed by atoms with Gasteiger partial charge in [0.1, 0.15) is 13.2 Å². The molecular weight excluding hydrogens is 997 g/mol. The zero-order valence-electron chi connectivity index (χ0n) is 54.8. The Bertz CT molecular complexity index is 1350. The molecule has 0 rings (SSSR count). The molecule has 6 heteroatoms. The first kappa shape index (κ1) is 78.6. The Balaban J connectivity index is 4.30. The van der Waals surface area contributed by atoms with Crippen LogP contribution in [0.2, 0.25) is 0 Å². The lowest BCUT2D eigenvalue weighted by atomic mass is 10.0. The van der Waals surface area contributed by atoms with Gasteiger partial charge in [-0.3, -0.25) is 14.4 Å². The number of rotatable bonds is 68. The van der Waals surface area contributed by atoms with Crippen molar-refractivity contribution in [1.29, 1.82) is 0 Å². The predicted octanol–water partition coefficient (Wildman–Crippen LogP) is 25.1. The van der Waals surface area contributed by atoms with Gasteiger partial charge in [-0.05, 0) is 77.0 Å². The molecule has 0 saturated heterocycles. The summed E-state index contributed by atoms with van der Waals surface area (Å²) in [5.41, 5.74) is 0. The molecular formula is C75H140O6. The number of hydrogen-bond donors (Lipinski definition) is 0. The summed E-state index contributed by atoms with van der Waals surface area (Å²) in [7, 11) is 0. The first-order valence-electron chi connectivity index (χ1n) is 36.5. The van der Waals surface area contributed by atoms with Crippen molar-refractivity contribution in [3.63, 3.8) is 0 Å². The van der Waals surface area contributed by atoms with Crippen LogP contribution < -0.4 is 0 Å². The van der Waals surface area contributed by atoms with Crippen LogP contribution in [-0.2, 0) is 28.6 Å². The van der Waals surface area contributed by atoms with Crippen LogP contribution in [0.5, 0.6) is 0 Å². The highest BCUT2D eigenvalue weighted by molar-refractivity contribution is 5.71. The number of esters is 3. The van der Waals surface area contributed by atoms with Crippen molar-refractivity contribution in [2.24, 2.45) is 0 Å². The van der Waals surface area contributed by atoms with E-state index in [-0.39, 0.29) is 31.1 Å². The SMILES string of the molecule is CCCCCCC/C=C\C/C=C\CCCCCCCCCCCCCC(=O)OCC(COC(=O)CCCCCCCCCCCCCCCCCCC)OC(=O)CCCCCCCCCCCCC/C=C\CCCCCCCCCC. The Hall–Kier alpha value is -2.37. The summed E-state index contributed by atoms with van der Waals surface area (Å²) in [4.78, 5) is 38.5. The summed E-state index contributed by atoms with van der Waals surface area (Å²) >= 11 is 0. The average molecular weight is 1140 g/mol. The molecule has 81 heavy (non-hydrogen) atoms. The lowest BCUT2D eigenvalue weighted by molar-refractivity contribution is -0.167. The van der Waals surface area contributed by atoms with Crippen molar-refractivity contribution in [2.75, 3.05) is 13.2 Å². The zero-order chi connectivity index (χ0) is 58.5. The maximum absolute atomic E-state index is 13.0. The van der Waals surface area contributed by atoms with Gasteiger partial charge in [-0.2, -0.15) is 0 Å². The third-order valence-electron chi connectivity index (χ3n) is 16.6. The van der Waals surface area contributed by atoms with Crippen molar-refractivity contribution in [1.82, 2.24) is 0 Å². The fourth-order valence-electron chi connectivity index (χ4n) is 11.1. The van der Waals surface area contributed by atoms with E-state index < -0.39 is 6.10 Å². The van der Waals surface area contributed by atoms with Gasteiger partial charge < -0.3 is 14.2 Å². The van der Waals surface area contributed by atoms with E-state index in [1.54, 1.807) is 0 Å². The Morgan fingerprint density at radius 3 is 0.691 bits per heavy atom. The van der Waals surface area contributed by atoms with Crippen LogP contribution in [0, 0.1) is 0 Å². The van der Waals surface area contributed by atoms with E-state index in [0.29, 0.717) is 19.3 Å². The zero-order valence-corrected chi connectivity index (χ0v) is 54.8. The van der Waals surface area contributed by atoms with Crippen molar-refractivity contribution in [3.8, 4) is 0 Å². The molecule has 0 aliphatic rings. The lowest BCUT2D eigenvalue weighted by Gasteiger charge is -2.18. The lowest BCUT2D eigenvalue weighted by Crippen LogP contribution is -2.30. The molecule has 1 atom stereocenters. The van der Waals surface area contributed by atoms with E-state index in [2.05, 4.69) is 57.2 Å². The fourth-order valence-corrected chi connectivity index (χ4v) is 11.1. The number of allylic oxidation sites excluding steroid dienone is 6. The molecule has 0 radical (unpaired) electrons. The summed E-state index contributed by atoms with van der Waals surface area (Å²) in [6.07, 6.45) is 87.4. The fraction of sp³-hybridized carbons (Fsp3) is 0.880. The summed E-state index contributed by atoms with van der Waals surface area (Å²) in [6.45, 7) is 6.71. The second-order valence-corrected chi connectivity index (χ2v) is 24.9. The molecule has 6 nitrogen and oxygen atoms in total. The van der Waals surface area contributed by atoms with E-state index in [1.165, 1.54) is 302 Å². The van der Waals surface area contributed by atoms with Crippen molar-refractivity contribution < 1.29 is 28.6 Å². The van der Waals surface area contributed by atoms with Gasteiger partial charge in [-0.1, -0.05) is 346 Å². The minimum atomic E-state index is -0.772. The summed E-state index contributed by atoms with van der Waals surface area (Å²) in [5.74, 6) is -0.838. The van der Waals surface area contributed by atoms with Gasteiger partial charge >= 0.3 is 17.9 Å². The topological polar surface area (TPSA) is 78.9 Å². The molecule has 0 aromatic rings. The largest absolute Gasteiger partial charge is 0.462 e. The Morgan fingerprint density at radius 1 is 0.247 bits per heavy atom. The molecule has 476 valence electrons. The van der Waals surface area contributed by atoms with Gasteiger partial charge in [0, 0.05) is 19.3 Å². The van der Waals surface area contributed by atoms with E-state index in [9.17, 15) is 14.4 Å². The maximum atomic E-state index is 13.0. The molecule has 0 bridgehead atoms. The molecule has 0 fully saturated rings. The molecule has 1 unspecified atom stereocenters. The van der Waals surface area contributed by atoms with Crippen molar-refractivity contribution in [2.45, 2.75) is 412 Å². The van der Waals surface area contributed by atoms with Crippen LogP contribution in [0.3, 0.4) is 0 Å². The normalized spacial score (nSPS) is 12.2. The first-order chi connectivity index (χ1) is 40.0. The summed E-state index contributed by atoms with van der Waals surface area (Å²) < 4.78 is 17.0. The van der Waals surface area contributed by atoms with Gasteiger partial charge in [0.15, 0.2) is 6.10 Å². The Morgan fingerprint density at radius 2 is 0.444 bits per heavy atom.